The van der Waals surface area contributed by atoms with E-state index in [9.17, 15) is 22.8 Å². The fourth-order valence-corrected chi connectivity index (χ4v) is 3.54. The molecule has 3 aromatic rings. The molecular formula is C23H13BrF3NO2. The van der Waals surface area contributed by atoms with E-state index in [2.05, 4.69) is 15.9 Å². The maximum atomic E-state index is 13.3. The van der Waals surface area contributed by atoms with Crippen LogP contribution in [-0.2, 0) is 11.0 Å². The molecule has 150 valence electrons. The Morgan fingerprint density at radius 1 is 0.800 bits per heavy atom. The van der Waals surface area contributed by atoms with Crippen molar-refractivity contribution in [2.24, 2.45) is 0 Å². The van der Waals surface area contributed by atoms with Gasteiger partial charge in [-0.15, -0.1) is 0 Å². The van der Waals surface area contributed by atoms with E-state index in [1.807, 2.05) is 0 Å². The third kappa shape index (κ3) is 3.68. The number of alkyl halides is 3. The number of hydrogen-bond acceptors (Lipinski definition) is 2. The molecule has 0 radical (unpaired) electrons. The van der Waals surface area contributed by atoms with Gasteiger partial charge in [0.2, 0.25) is 0 Å². The van der Waals surface area contributed by atoms with Crippen molar-refractivity contribution in [3.05, 3.63) is 99.5 Å². The minimum Gasteiger partial charge on any atom is -0.268 e. The zero-order valence-electron chi connectivity index (χ0n) is 15.3. The molecule has 7 heteroatoms. The van der Waals surface area contributed by atoms with Crippen molar-refractivity contribution in [1.29, 1.82) is 0 Å². The molecule has 0 fully saturated rings. The van der Waals surface area contributed by atoms with Crippen molar-refractivity contribution in [2.45, 2.75) is 6.18 Å². The summed E-state index contributed by atoms with van der Waals surface area (Å²) >= 11 is 3.35. The lowest BCUT2D eigenvalue weighted by Gasteiger charge is -2.29. The maximum Gasteiger partial charge on any atom is 0.416 e. The van der Waals surface area contributed by atoms with Gasteiger partial charge in [-0.2, -0.15) is 13.2 Å². The number of carbonyl (C=O) groups is 2. The lowest BCUT2D eigenvalue weighted by atomic mass is 9.91. The van der Waals surface area contributed by atoms with Gasteiger partial charge in [-0.25, -0.2) is 4.90 Å². The summed E-state index contributed by atoms with van der Waals surface area (Å²) in [6.45, 7) is 0. The van der Waals surface area contributed by atoms with Crippen molar-refractivity contribution < 1.29 is 22.8 Å². The SMILES string of the molecule is O=C1/C(=C\c2ccc(Br)cc2)c2ccccc2C(=O)N1c1cccc(C(F)(F)F)c1. The lowest BCUT2D eigenvalue weighted by Crippen LogP contribution is -2.41. The predicted molar refractivity (Wildman–Crippen MR) is 112 cm³/mol. The molecule has 3 nitrogen and oxygen atoms in total. The second-order valence-electron chi connectivity index (χ2n) is 6.65. The van der Waals surface area contributed by atoms with Crippen LogP contribution in [0, 0.1) is 0 Å². The third-order valence-corrected chi connectivity index (χ3v) is 5.23. The second kappa shape index (κ2) is 7.57. The molecule has 0 saturated heterocycles. The number of carbonyl (C=O) groups excluding carboxylic acids is 2. The molecule has 0 aromatic heterocycles. The molecule has 4 rings (SSSR count). The summed E-state index contributed by atoms with van der Waals surface area (Å²) in [6, 6.07) is 17.9. The Morgan fingerprint density at radius 2 is 1.47 bits per heavy atom. The molecular weight excluding hydrogens is 459 g/mol. The summed E-state index contributed by atoms with van der Waals surface area (Å²) in [6.07, 6.45) is -2.97. The standard InChI is InChI=1S/C23H13BrF3NO2/c24-16-10-8-14(9-11-16)12-20-18-6-1-2-7-19(18)21(29)28(22(20)30)17-5-3-4-15(13-17)23(25,26)27/h1-13H/b20-12-. The van der Waals surface area contributed by atoms with Crippen LogP contribution in [0.5, 0.6) is 0 Å². The van der Waals surface area contributed by atoms with Crippen LogP contribution >= 0.6 is 15.9 Å². The first-order valence-corrected chi connectivity index (χ1v) is 9.68. The highest BCUT2D eigenvalue weighted by atomic mass is 79.9. The minimum absolute atomic E-state index is 0.129. The van der Waals surface area contributed by atoms with E-state index < -0.39 is 23.6 Å². The zero-order chi connectivity index (χ0) is 21.5. The summed E-state index contributed by atoms with van der Waals surface area (Å²) < 4.78 is 40.3. The van der Waals surface area contributed by atoms with Crippen molar-refractivity contribution >= 4 is 45.1 Å². The van der Waals surface area contributed by atoms with Gasteiger partial charge in [-0.1, -0.05) is 52.3 Å². The Balaban J connectivity index is 1.88. The topological polar surface area (TPSA) is 37.4 Å². The first-order valence-electron chi connectivity index (χ1n) is 8.88. The van der Waals surface area contributed by atoms with Gasteiger partial charge >= 0.3 is 6.18 Å². The molecule has 0 saturated carbocycles. The van der Waals surface area contributed by atoms with Crippen LogP contribution in [0.25, 0.3) is 11.6 Å². The number of anilines is 1. The van der Waals surface area contributed by atoms with E-state index in [1.165, 1.54) is 12.1 Å². The molecule has 0 atom stereocenters. The average molecular weight is 472 g/mol. The molecule has 1 aliphatic rings. The summed E-state index contributed by atoms with van der Waals surface area (Å²) in [4.78, 5) is 27.1. The average Bonchev–Trinajstić information content (AvgIpc) is 2.72. The van der Waals surface area contributed by atoms with Crippen molar-refractivity contribution in [3.8, 4) is 0 Å². The van der Waals surface area contributed by atoms with E-state index >= 15 is 0 Å². The van der Waals surface area contributed by atoms with Gasteiger partial charge in [0.05, 0.1) is 11.3 Å². The molecule has 30 heavy (non-hydrogen) atoms. The van der Waals surface area contributed by atoms with Gasteiger partial charge in [-0.05, 0) is 53.6 Å². The van der Waals surface area contributed by atoms with Gasteiger partial charge in [0.1, 0.15) is 0 Å². The number of halogens is 4. The minimum atomic E-state index is -4.59. The number of rotatable bonds is 2. The summed E-state index contributed by atoms with van der Waals surface area (Å²) in [5.74, 6) is -1.34. The third-order valence-electron chi connectivity index (χ3n) is 4.70. The normalized spacial score (nSPS) is 15.5. The van der Waals surface area contributed by atoms with Crippen LogP contribution in [0.1, 0.15) is 27.0 Å². The van der Waals surface area contributed by atoms with Crippen molar-refractivity contribution in [1.82, 2.24) is 0 Å². The van der Waals surface area contributed by atoms with Gasteiger partial charge < -0.3 is 0 Å². The molecule has 1 aliphatic heterocycles. The quantitative estimate of drug-likeness (QED) is 0.329. The smallest absolute Gasteiger partial charge is 0.268 e. The van der Waals surface area contributed by atoms with Crippen LogP contribution < -0.4 is 4.90 Å². The Labute approximate surface area is 178 Å². The Kier molecular flexibility index (Phi) is 5.07. The fraction of sp³-hybridized carbons (Fsp3) is 0.0435. The predicted octanol–water partition coefficient (Wildman–Crippen LogP) is 6.20. The van der Waals surface area contributed by atoms with Gasteiger partial charge in [0.25, 0.3) is 11.8 Å². The Hall–Kier alpha value is -3.19. The first-order chi connectivity index (χ1) is 14.3. The van der Waals surface area contributed by atoms with E-state index in [0.717, 1.165) is 27.1 Å². The molecule has 0 bridgehead atoms. The number of nitrogens with zero attached hydrogens (tertiary/aromatic N) is 1. The Bertz CT molecular complexity index is 1180. The molecule has 0 N–H and O–H groups in total. The van der Waals surface area contributed by atoms with E-state index in [0.29, 0.717) is 5.56 Å². The van der Waals surface area contributed by atoms with Crippen LogP contribution in [-0.4, -0.2) is 11.8 Å². The highest BCUT2D eigenvalue weighted by Crippen LogP contribution is 2.36. The zero-order valence-corrected chi connectivity index (χ0v) is 16.9. The highest BCUT2D eigenvalue weighted by molar-refractivity contribution is 9.10. The summed E-state index contributed by atoms with van der Waals surface area (Å²) in [5, 5.41) is 0. The summed E-state index contributed by atoms with van der Waals surface area (Å²) in [7, 11) is 0. The molecule has 0 aliphatic carbocycles. The first kappa shape index (κ1) is 20.1. The molecule has 1 heterocycles. The largest absolute Gasteiger partial charge is 0.416 e. The number of imide groups is 1. The van der Waals surface area contributed by atoms with Gasteiger partial charge in [0.15, 0.2) is 0 Å². The fourth-order valence-electron chi connectivity index (χ4n) is 3.27. The second-order valence-corrected chi connectivity index (χ2v) is 7.56. The molecule has 0 spiro atoms. The molecule has 3 aromatic carbocycles. The Morgan fingerprint density at radius 3 is 2.13 bits per heavy atom. The van der Waals surface area contributed by atoms with E-state index in [1.54, 1.807) is 54.6 Å². The van der Waals surface area contributed by atoms with Gasteiger partial charge in [-0.3, -0.25) is 9.59 Å². The van der Waals surface area contributed by atoms with E-state index in [-0.39, 0.29) is 16.8 Å². The van der Waals surface area contributed by atoms with E-state index in [4.69, 9.17) is 0 Å². The number of amides is 2. The van der Waals surface area contributed by atoms with Crippen molar-refractivity contribution in [2.75, 3.05) is 4.90 Å². The number of benzene rings is 3. The van der Waals surface area contributed by atoms with Crippen LogP contribution in [0.4, 0.5) is 18.9 Å². The number of hydrogen-bond donors (Lipinski definition) is 0. The lowest BCUT2D eigenvalue weighted by molar-refractivity contribution is -0.137. The monoisotopic (exact) mass is 471 g/mol. The van der Waals surface area contributed by atoms with Gasteiger partial charge in [0, 0.05) is 15.6 Å². The van der Waals surface area contributed by atoms with Crippen LogP contribution in [0.3, 0.4) is 0 Å². The number of fused-ring (bicyclic) bond motifs is 1. The van der Waals surface area contributed by atoms with Crippen LogP contribution in [0.15, 0.2) is 77.3 Å². The molecule has 2 amide bonds. The highest BCUT2D eigenvalue weighted by Gasteiger charge is 2.37. The maximum absolute atomic E-state index is 13.3. The molecule has 0 unspecified atom stereocenters. The van der Waals surface area contributed by atoms with Crippen LogP contribution in [0.2, 0.25) is 0 Å². The summed E-state index contributed by atoms with van der Waals surface area (Å²) in [5.41, 5.74) is 0.574. The van der Waals surface area contributed by atoms with Crippen molar-refractivity contribution in [3.63, 3.8) is 0 Å².